The summed E-state index contributed by atoms with van der Waals surface area (Å²) in [6, 6.07) is 1.78. The maximum Gasteiger partial charge on any atom is 0.0938 e. The van der Waals surface area contributed by atoms with Gasteiger partial charge >= 0.3 is 0 Å². The van der Waals surface area contributed by atoms with Gasteiger partial charge in [0, 0.05) is 23.2 Å². The van der Waals surface area contributed by atoms with Crippen molar-refractivity contribution in [1.29, 1.82) is 0 Å². The molecule has 98 valence electrons. The van der Waals surface area contributed by atoms with Crippen LogP contribution < -0.4 is 0 Å². The minimum Gasteiger partial charge on any atom is -0.387 e. The Balaban J connectivity index is 2.23. The van der Waals surface area contributed by atoms with Gasteiger partial charge in [0.25, 0.3) is 0 Å². The van der Waals surface area contributed by atoms with Crippen LogP contribution in [0.5, 0.6) is 0 Å². The molecule has 0 fully saturated rings. The summed E-state index contributed by atoms with van der Waals surface area (Å²) in [6.45, 7) is 4.61. The summed E-state index contributed by atoms with van der Waals surface area (Å²) in [4.78, 5) is 0.845. The van der Waals surface area contributed by atoms with Crippen molar-refractivity contribution < 1.29 is 5.11 Å². The first-order chi connectivity index (χ1) is 8.52. The maximum absolute atomic E-state index is 10.2. The summed E-state index contributed by atoms with van der Waals surface area (Å²) in [5.41, 5.74) is 1.67. The molecule has 0 radical (unpaired) electrons. The Labute approximate surface area is 120 Å². The largest absolute Gasteiger partial charge is 0.387 e. The molecular weight excluding hydrogens is 291 g/mol. The van der Waals surface area contributed by atoms with Crippen LogP contribution in [-0.2, 0) is 13.0 Å². The molecule has 2 aromatic rings. The molecule has 0 saturated heterocycles. The van der Waals surface area contributed by atoms with Gasteiger partial charge in [0.05, 0.1) is 27.5 Å². The molecule has 0 aliphatic rings. The van der Waals surface area contributed by atoms with Crippen LogP contribution in [0.2, 0.25) is 10.0 Å². The van der Waals surface area contributed by atoms with E-state index in [4.69, 9.17) is 23.2 Å². The molecule has 0 saturated carbocycles. The molecule has 2 rings (SSSR count). The van der Waals surface area contributed by atoms with Gasteiger partial charge in [-0.1, -0.05) is 23.2 Å². The second-order valence-corrected chi connectivity index (χ2v) is 5.81. The lowest BCUT2D eigenvalue weighted by atomic mass is 10.1. The maximum atomic E-state index is 10.2. The van der Waals surface area contributed by atoms with E-state index in [-0.39, 0.29) is 0 Å². The van der Waals surface area contributed by atoms with Crippen LogP contribution in [0.15, 0.2) is 11.4 Å². The number of aryl methyl sites for hydroxylation is 2. The zero-order chi connectivity index (χ0) is 13.3. The van der Waals surface area contributed by atoms with E-state index in [2.05, 4.69) is 5.10 Å². The average molecular weight is 305 g/mol. The fourth-order valence-electron chi connectivity index (χ4n) is 1.85. The highest BCUT2D eigenvalue weighted by atomic mass is 35.5. The third kappa shape index (κ3) is 2.72. The SMILES string of the molecule is CCn1nc(C)c(Cl)c1CC(O)c1cc(Cl)cs1. The highest BCUT2D eigenvalue weighted by Gasteiger charge is 2.18. The van der Waals surface area contributed by atoms with Crippen LogP contribution in [0, 0.1) is 6.92 Å². The lowest BCUT2D eigenvalue weighted by Gasteiger charge is -2.10. The van der Waals surface area contributed by atoms with Gasteiger partial charge in [-0.25, -0.2) is 0 Å². The number of halogens is 2. The van der Waals surface area contributed by atoms with Crippen molar-refractivity contribution in [2.45, 2.75) is 32.9 Å². The van der Waals surface area contributed by atoms with Gasteiger partial charge in [-0.2, -0.15) is 5.10 Å². The van der Waals surface area contributed by atoms with E-state index >= 15 is 0 Å². The molecule has 0 spiro atoms. The zero-order valence-corrected chi connectivity index (χ0v) is 12.5. The third-order valence-corrected chi connectivity index (χ3v) is 4.63. The second kappa shape index (κ2) is 5.61. The first-order valence-corrected chi connectivity index (χ1v) is 7.30. The number of aliphatic hydroxyl groups is 1. The number of aromatic nitrogens is 2. The van der Waals surface area contributed by atoms with Crippen molar-refractivity contribution in [1.82, 2.24) is 9.78 Å². The van der Waals surface area contributed by atoms with E-state index in [1.165, 1.54) is 11.3 Å². The molecule has 0 aromatic carbocycles. The highest BCUT2D eigenvalue weighted by molar-refractivity contribution is 7.10. The fraction of sp³-hybridized carbons (Fsp3) is 0.417. The van der Waals surface area contributed by atoms with Gasteiger partial charge in [-0.3, -0.25) is 4.68 Å². The summed E-state index contributed by atoms with van der Waals surface area (Å²) in [5, 5.41) is 17.6. The van der Waals surface area contributed by atoms with Crippen LogP contribution >= 0.6 is 34.5 Å². The van der Waals surface area contributed by atoms with Crippen LogP contribution in [-0.4, -0.2) is 14.9 Å². The molecule has 1 unspecified atom stereocenters. The summed E-state index contributed by atoms with van der Waals surface area (Å²) in [5.74, 6) is 0. The van der Waals surface area contributed by atoms with Crippen LogP contribution in [0.1, 0.15) is 29.3 Å². The lowest BCUT2D eigenvalue weighted by molar-refractivity contribution is 0.179. The molecule has 6 heteroatoms. The van der Waals surface area contributed by atoms with Crippen LogP contribution in [0.25, 0.3) is 0 Å². The standard InChI is InChI=1S/C12H14Cl2N2OS/c1-3-16-9(12(14)7(2)15-16)5-10(17)11-4-8(13)6-18-11/h4,6,10,17H,3,5H2,1-2H3. The summed E-state index contributed by atoms with van der Waals surface area (Å²) < 4.78 is 1.83. The molecule has 18 heavy (non-hydrogen) atoms. The minimum atomic E-state index is -0.596. The monoisotopic (exact) mass is 304 g/mol. The van der Waals surface area contributed by atoms with Crippen molar-refractivity contribution in [3.05, 3.63) is 37.8 Å². The molecular formula is C12H14Cl2N2OS. The lowest BCUT2D eigenvalue weighted by Crippen LogP contribution is -2.08. The molecule has 3 nitrogen and oxygen atoms in total. The third-order valence-electron chi connectivity index (χ3n) is 2.76. The molecule has 0 aliphatic heterocycles. The van der Waals surface area contributed by atoms with Gasteiger partial charge in [-0.15, -0.1) is 11.3 Å². The van der Waals surface area contributed by atoms with E-state index in [1.807, 2.05) is 23.9 Å². The van der Waals surface area contributed by atoms with Crippen molar-refractivity contribution in [3.8, 4) is 0 Å². The topological polar surface area (TPSA) is 38.0 Å². The highest BCUT2D eigenvalue weighted by Crippen LogP contribution is 2.30. The summed E-state index contributed by atoms with van der Waals surface area (Å²) in [7, 11) is 0. The number of thiophene rings is 1. The van der Waals surface area contributed by atoms with E-state index < -0.39 is 6.10 Å². The number of aliphatic hydroxyl groups excluding tert-OH is 1. The van der Waals surface area contributed by atoms with Gasteiger partial charge < -0.3 is 5.11 Å². The van der Waals surface area contributed by atoms with Crippen LogP contribution in [0.4, 0.5) is 0 Å². The first-order valence-electron chi connectivity index (χ1n) is 5.66. The van der Waals surface area contributed by atoms with Crippen molar-refractivity contribution >= 4 is 34.5 Å². The Morgan fingerprint density at radius 3 is 2.78 bits per heavy atom. The Morgan fingerprint density at radius 1 is 1.50 bits per heavy atom. The normalized spacial score (nSPS) is 12.9. The number of hydrogen-bond acceptors (Lipinski definition) is 3. The molecule has 0 aliphatic carbocycles. The molecule has 1 N–H and O–H groups in total. The van der Waals surface area contributed by atoms with Gasteiger partial charge in [-0.05, 0) is 19.9 Å². The van der Waals surface area contributed by atoms with E-state index in [0.29, 0.717) is 16.5 Å². The van der Waals surface area contributed by atoms with E-state index in [1.54, 1.807) is 6.07 Å². The Kier molecular flexibility index (Phi) is 4.33. The van der Waals surface area contributed by atoms with Crippen molar-refractivity contribution in [3.63, 3.8) is 0 Å². The van der Waals surface area contributed by atoms with Gasteiger partial charge in [0.15, 0.2) is 0 Å². The van der Waals surface area contributed by atoms with Crippen molar-refractivity contribution in [2.24, 2.45) is 0 Å². The minimum absolute atomic E-state index is 0.449. The Bertz CT molecular complexity index is 550. The van der Waals surface area contributed by atoms with E-state index in [9.17, 15) is 5.11 Å². The van der Waals surface area contributed by atoms with E-state index in [0.717, 1.165) is 22.8 Å². The molecule has 2 heterocycles. The molecule has 0 bridgehead atoms. The second-order valence-electron chi connectivity index (χ2n) is 4.05. The summed E-state index contributed by atoms with van der Waals surface area (Å²) in [6.07, 6.45) is -0.147. The average Bonchev–Trinajstić information content (AvgIpc) is 2.88. The Morgan fingerprint density at radius 2 is 2.22 bits per heavy atom. The van der Waals surface area contributed by atoms with Crippen LogP contribution in [0.3, 0.4) is 0 Å². The van der Waals surface area contributed by atoms with Gasteiger partial charge in [0.2, 0.25) is 0 Å². The number of nitrogens with zero attached hydrogens (tertiary/aromatic N) is 2. The molecule has 0 amide bonds. The number of rotatable bonds is 4. The Hall–Kier alpha value is -0.550. The molecule has 1 atom stereocenters. The smallest absolute Gasteiger partial charge is 0.0938 e. The predicted molar refractivity (Wildman–Crippen MR) is 75.6 cm³/mol. The quantitative estimate of drug-likeness (QED) is 0.931. The zero-order valence-electron chi connectivity index (χ0n) is 10.2. The first kappa shape index (κ1) is 13.9. The summed E-state index contributed by atoms with van der Waals surface area (Å²) >= 11 is 13.5. The fourth-order valence-corrected chi connectivity index (χ4v) is 3.13. The number of hydrogen-bond donors (Lipinski definition) is 1. The van der Waals surface area contributed by atoms with Crippen molar-refractivity contribution in [2.75, 3.05) is 0 Å². The predicted octanol–water partition coefficient (Wildman–Crippen LogP) is 3.86. The van der Waals surface area contributed by atoms with Gasteiger partial charge in [0.1, 0.15) is 0 Å². The molecule has 2 aromatic heterocycles.